The number of piperidine rings is 1. The molecule has 172 valence electrons. The molecule has 2 saturated heterocycles. The van der Waals surface area contributed by atoms with E-state index < -0.39 is 0 Å². The Labute approximate surface area is 189 Å². The highest BCUT2D eigenvalue weighted by molar-refractivity contribution is 5.91. The minimum absolute atomic E-state index is 0.111. The summed E-state index contributed by atoms with van der Waals surface area (Å²) in [6, 6.07) is 8.02. The number of aromatic nitrogens is 2. The second-order valence-electron chi connectivity index (χ2n) is 8.82. The van der Waals surface area contributed by atoms with E-state index in [9.17, 15) is 9.59 Å². The van der Waals surface area contributed by atoms with Crippen molar-refractivity contribution in [3.8, 4) is 0 Å². The van der Waals surface area contributed by atoms with Crippen molar-refractivity contribution in [2.24, 2.45) is 5.92 Å². The van der Waals surface area contributed by atoms with Crippen LogP contribution in [0, 0.1) is 12.8 Å². The second kappa shape index (κ2) is 10.2. The van der Waals surface area contributed by atoms with Gasteiger partial charge in [-0.15, -0.1) is 0 Å². The predicted molar refractivity (Wildman–Crippen MR) is 127 cm³/mol. The zero-order valence-corrected chi connectivity index (χ0v) is 19.0. The number of anilines is 3. The van der Waals surface area contributed by atoms with E-state index in [-0.39, 0.29) is 17.9 Å². The molecule has 0 aliphatic carbocycles. The van der Waals surface area contributed by atoms with Gasteiger partial charge in [0, 0.05) is 55.2 Å². The normalized spacial score (nSPS) is 17.4. The number of rotatable bonds is 6. The van der Waals surface area contributed by atoms with Crippen LogP contribution in [0.25, 0.3) is 0 Å². The van der Waals surface area contributed by atoms with Crippen molar-refractivity contribution in [1.82, 2.24) is 9.97 Å². The van der Waals surface area contributed by atoms with Crippen molar-refractivity contribution >= 4 is 23.2 Å². The molecule has 3 heterocycles. The lowest BCUT2D eigenvalue weighted by Crippen LogP contribution is -2.38. The van der Waals surface area contributed by atoms with E-state index in [1.807, 2.05) is 24.0 Å². The van der Waals surface area contributed by atoms with Gasteiger partial charge in [-0.25, -0.2) is 4.98 Å². The highest BCUT2D eigenvalue weighted by Crippen LogP contribution is 2.24. The summed E-state index contributed by atoms with van der Waals surface area (Å²) in [4.78, 5) is 36.9. The van der Waals surface area contributed by atoms with Gasteiger partial charge in [0.25, 0.3) is 5.56 Å². The molecule has 1 aromatic carbocycles. The van der Waals surface area contributed by atoms with Gasteiger partial charge < -0.3 is 19.9 Å². The van der Waals surface area contributed by atoms with Crippen molar-refractivity contribution < 1.29 is 9.53 Å². The summed E-state index contributed by atoms with van der Waals surface area (Å²) in [5.41, 5.74) is 3.03. The number of nitrogens with one attached hydrogen (secondary N) is 2. The molecule has 2 N–H and O–H groups in total. The molecular weight excluding hydrogens is 406 g/mol. The van der Waals surface area contributed by atoms with Crippen LogP contribution in [0.15, 0.2) is 29.1 Å². The van der Waals surface area contributed by atoms with E-state index in [4.69, 9.17) is 4.74 Å². The summed E-state index contributed by atoms with van der Waals surface area (Å²) >= 11 is 0. The molecule has 0 radical (unpaired) electrons. The third-order valence-electron chi connectivity index (χ3n) is 6.42. The van der Waals surface area contributed by atoms with Crippen LogP contribution >= 0.6 is 0 Å². The number of nitrogens with zero attached hydrogens (tertiary/aromatic N) is 3. The van der Waals surface area contributed by atoms with Gasteiger partial charge in [0.15, 0.2) is 0 Å². The molecule has 8 nitrogen and oxygen atoms in total. The van der Waals surface area contributed by atoms with Crippen molar-refractivity contribution in [3.63, 3.8) is 0 Å². The predicted octanol–water partition coefficient (Wildman–Crippen LogP) is 2.72. The maximum absolute atomic E-state index is 12.6. The first kappa shape index (κ1) is 22.3. The molecule has 4 rings (SSSR count). The Morgan fingerprint density at radius 2 is 1.81 bits per heavy atom. The van der Waals surface area contributed by atoms with Crippen molar-refractivity contribution in [2.75, 3.05) is 54.5 Å². The molecule has 32 heavy (non-hydrogen) atoms. The number of aromatic amines is 1. The first-order valence-electron chi connectivity index (χ1n) is 11.6. The fourth-order valence-corrected chi connectivity index (χ4v) is 4.30. The molecule has 1 amide bonds. The van der Waals surface area contributed by atoms with Crippen LogP contribution in [0.2, 0.25) is 0 Å². The lowest BCUT2D eigenvalue weighted by molar-refractivity contribution is -0.116. The molecule has 0 unspecified atom stereocenters. The van der Waals surface area contributed by atoms with Crippen molar-refractivity contribution in [3.05, 3.63) is 45.9 Å². The molecule has 1 aromatic heterocycles. The van der Waals surface area contributed by atoms with Gasteiger partial charge >= 0.3 is 0 Å². The molecule has 8 heteroatoms. The van der Waals surface area contributed by atoms with E-state index in [0.717, 1.165) is 24.7 Å². The van der Waals surface area contributed by atoms with Gasteiger partial charge in [-0.3, -0.25) is 14.6 Å². The summed E-state index contributed by atoms with van der Waals surface area (Å²) in [7, 11) is 0. The minimum Gasteiger partial charge on any atom is -0.378 e. The minimum atomic E-state index is -0.174. The van der Waals surface area contributed by atoms with E-state index >= 15 is 0 Å². The topological polar surface area (TPSA) is 90.6 Å². The van der Waals surface area contributed by atoms with Crippen LogP contribution in [0.4, 0.5) is 17.3 Å². The maximum atomic E-state index is 12.6. The van der Waals surface area contributed by atoms with Crippen molar-refractivity contribution in [2.45, 2.75) is 39.5 Å². The molecule has 2 aliphatic rings. The zero-order valence-electron chi connectivity index (χ0n) is 19.0. The largest absolute Gasteiger partial charge is 0.378 e. The van der Waals surface area contributed by atoms with Crippen LogP contribution in [-0.2, 0) is 16.0 Å². The van der Waals surface area contributed by atoms with Gasteiger partial charge in [-0.05, 0) is 56.4 Å². The van der Waals surface area contributed by atoms with Crippen LogP contribution in [-0.4, -0.2) is 55.3 Å². The number of ether oxygens (including phenoxy) is 1. The summed E-state index contributed by atoms with van der Waals surface area (Å²) in [5.74, 6) is 1.26. The highest BCUT2D eigenvalue weighted by Gasteiger charge is 2.18. The van der Waals surface area contributed by atoms with Crippen LogP contribution < -0.4 is 20.7 Å². The number of amides is 1. The maximum Gasteiger partial charge on any atom is 0.255 e. The van der Waals surface area contributed by atoms with E-state index in [1.165, 1.54) is 18.5 Å². The molecule has 0 bridgehead atoms. The fourth-order valence-electron chi connectivity index (χ4n) is 4.30. The summed E-state index contributed by atoms with van der Waals surface area (Å²) in [6.07, 6.45) is 3.03. The van der Waals surface area contributed by atoms with Crippen LogP contribution in [0.1, 0.15) is 37.4 Å². The number of carbonyl (C=O) groups is 1. The number of H-pyrrole nitrogens is 1. The zero-order chi connectivity index (χ0) is 22.5. The highest BCUT2D eigenvalue weighted by atomic mass is 16.5. The third kappa shape index (κ3) is 5.48. The van der Waals surface area contributed by atoms with Gasteiger partial charge in [0.1, 0.15) is 0 Å². The first-order valence-corrected chi connectivity index (χ1v) is 11.6. The number of hydrogen-bond donors (Lipinski definition) is 2. The Kier molecular flexibility index (Phi) is 7.09. The van der Waals surface area contributed by atoms with Gasteiger partial charge in [0.2, 0.25) is 11.9 Å². The first-order chi connectivity index (χ1) is 15.5. The number of hydrogen-bond acceptors (Lipinski definition) is 6. The fraction of sp³-hybridized carbons (Fsp3) is 0.542. The average Bonchev–Trinajstić information content (AvgIpc) is 2.80. The molecular formula is C24H33N5O3. The molecule has 2 aromatic rings. The number of aryl methyl sites for hydroxylation is 1. The SMILES string of the molecule is Cc1nc(N2CCOCC2)[nH]c(=O)c1CCC(=O)Nc1ccc(N2CCC(C)CC2)cc1. The molecule has 2 fully saturated rings. The number of benzene rings is 1. The number of carbonyl (C=O) groups excluding carboxylic acids is 1. The third-order valence-corrected chi connectivity index (χ3v) is 6.42. The Morgan fingerprint density at radius 3 is 2.47 bits per heavy atom. The van der Waals surface area contributed by atoms with E-state index in [0.29, 0.717) is 49.9 Å². The Bertz CT molecular complexity index is 974. The van der Waals surface area contributed by atoms with Gasteiger partial charge in [-0.2, -0.15) is 0 Å². The molecule has 0 saturated carbocycles. The lowest BCUT2D eigenvalue weighted by Gasteiger charge is -2.32. The second-order valence-corrected chi connectivity index (χ2v) is 8.82. The lowest BCUT2D eigenvalue weighted by atomic mass is 9.99. The Morgan fingerprint density at radius 1 is 1.12 bits per heavy atom. The Hall–Kier alpha value is -2.87. The van der Waals surface area contributed by atoms with Crippen molar-refractivity contribution in [1.29, 1.82) is 0 Å². The molecule has 2 aliphatic heterocycles. The molecule has 0 spiro atoms. The average molecular weight is 440 g/mol. The monoisotopic (exact) mass is 439 g/mol. The van der Waals surface area contributed by atoms with Gasteiger partial charge in [0.05, 0.1) is 13.2 Å². The van der Waals surface area contributed by atoms with Crippen LogP contribution in [0.5, 0.6) is 0 Å². The summed E-state index contributed by atoms with van der Waals surface area (Å²) in [6.45, 7) is 8.97. The number of morpholine rings is 1. The molecule has 0 atom stereocenters. The van der Waals surface area contributed by atoms with Crippen LogP contribution in [0.3, 0.4) is 0 Å². The quantitative estimate of drug-likeness (QED) is 0.719. The van der Waals surface area contributed by atoms with E-state index in [2.05, 4.69) is 39.2 Å². The summed E-state index contributed by atoms with van der Waals surface area (Å²) in [5, 5.41) is 2.94. The smallest absolute Gasteiger partial charge is 0.255 e. The Balaban J connectivity index is 1.31. The standard InChI is InChI=1S/C24H33N5O3/c1-17-9-11-28(12-10-17)20-5-3-19(4-6-20)26-22(30)8-7-21-18(2)25-24(27-23(21)31)29-13-15-32-16-14-29/h3-6,17H,7-16H2,1-2H3,(H,26,30)(H,25,27,31). The summed E-state index contributed by atoms with van der Waals surface area (Å²) < 4.78 is 5.35. The van der Waals surface area contributed by atoms with Gasteiger partial charge in [-0.1, -0.05) is 6.92 Å². The van der Waals surface area contributed by atoms with E-state index in [1.54, 1.807) is 0 Å².